The Morgan fingerprint density at radius 1 is 1.47 bits per heavy atom. The Morgan fingerprint density at radius 3 is 3.21 bits per heavy atom. The Kier molecular flexibility index (Phi) is 3.08. The van der Waals surface area contributed by atoms with Crippen LogP contribution >= 0.6 is 0 Å². The molecule has 1 aromatic heterocycles. The quantitative estimate of drug-likeness (QED) is 0.815. The van der Waals surface area contributed by atoms with E-state index in [-0.39, 0.29) is 5.91 Å². The van der Waals surface area contributed by atoms with Crippen molar-refractivity contribution in [3.63, 3.8) is 0 Å². The maximum atomic E-state index is 11.4. The molecule has 3 rings (SSSR count). The van der Waals surface area contributed by atoms with E-state index in [4.69, 9.17) is 5.26 Å². The lowest BCUT2D eigenvalue weighted by atomic mass is 9.85. The van der Waals surface area contributed by atoms with Gasteiger partial charge in [-0.15, -0.1) is 0 Å². The Balaban J connectivity index is 1.74. The van der Waals surface area contributed by atoms with Crippen molar-refractivity contribution in [1.29, 1.82) is 5.26 Å². The van der Waals surface area contributed by atoms with Crippen LogP contribution in [0.5, 0.6) is 0 Å². The Morgan fingerprint density at radius 2 is 2.37 bits per heavy atom. The van der Waals surface area contributed by atoms with Gasteiger partial charge in [-0.3, -0.25) is 4.79 Å². The fourth-order valence-corrected chi connectivity index (χ4v) is 3.02. The minimum absolute atomic E-state index is 0.186. The number of pyridine rings is 1. The standard InChI is InChI=1S/C14H16N4O/c15-8-11-7-12(3-5-16-11)18-6-4-13-10(9-18)1-2-14(19)17-13/h3,5,7,10,13H,1-2,4,6,9H2,(H,17,19). The average Bonchev–Trinajstić information content (AvgIpc) is 2.46. The van der Waals surface area contributed by atoms with Crippen LogP contribution < -0.4 is 10.2 Å². The molecule has 1 aromatic rings. The van der Waals surface area contributed by atoms with E-state index in [0.29, 0.717) is 24.1 Å². The zero-order chi connectivity index (χ0) is 13.2. The Labute approximate surface area is 112 Å². The van der Waals surface area contributed by atoms with E-state index in [9.17, 15) is 4.79 Å². The number of nitrogens with one attached hydrogen (secondary N) is 1. The number of nitriles is 1. The van der Waals surface area contributed by atoms with Crippen LogP contribution in [0.3, 0.4) is 0 Å². The van der Waals surface area contributed by atoms with Crippen molar-refractivity contribution in [3.05, 3.63) is 24.0 Å². The molecule has 98 valence electrons. The van der Waals surface area contributed by atoms with E-state index in [1.807, 2.05) is 12.1 Å². The number of rotatable bonds is 1. The summed E-state index contributed by atoms with van der Waals surface area (Å²) >= 11 is 0. The van der Waals surface area contributed by atoms with Crippen molar-refractivity contribution >= 4 is 11.6 Å². The SMILES string of the molecule is N#Cc1cc(N2CCC3NC(=O)CCC3C2)ccn1. The van der Waals surface area contributed by atoms with Gasteiger partial charge in [0.25, 0.3) is 0 Å². The summed E-state index contributed by atoms with van der Waals surface area (Å²) in [6.07, 6.45) is 4.25. The van der Waals surface area contributed by atoms with Crippen LogP contribution in [0.15, 0.2) is 18.3 Å². The maximum Gasteiger partial charge on any atom is 0.220 e. The molecule has 2 fully saturated rings. The van der Waals surface area contributed by atoms with Gasteiger partial charge in [0.2, 0.25) is 5.91 Å². The van der Waals surface area contributed by atoms with E-state index < -0.39 is 0 Å². The summed E-state index contributed by atoms with van der Waals surface area (Å²) < 4.78 is 0. The molecular weight excluding hydrogens is 240 g/mol. The lowest BCUT2D eigenvalue weighted by molar-refractivity contribution is -0.124. The fraction of sp³-hybridized carbons (Fsp3) is 0.500. The van der Waals surface area contributed by atoms with Crippen LogP contribution in [0.25, 0.3) is 0 Å². The van der Waals surface area contributed by atoms with Gasteiger partial charge in [0.15, 0.2) is 0 Å². The number of fused-ring (bicyclic) bond motifs is 1. The first kappa shape index (κ1) is 12.0. The minimum Gasteiger partial charge on any atom is -0.371 e. The van der Waals surface area contributed by atoms with Gasteiger partial charge in [0.05, 0.1) is 0 Å². The smallest absolute Gasteiger partial charge is 0.220 e. The molecule has 2 aliphatic heterocycles. The van der Waals surface area contributed by atoms with Crippen molar-refractivity contribution in [2.24, 2.45) is 5.92 Å². The van der Waals surface area contributed by atoms with Gasteiger partial charge >= 0.3 is 0 Å². The van der Waals surface area contributed by atoms with Gasteiger partial charge in [-0.05, 0) is 30.9 Å². The summed E-state index contributed by atoms with van der Waals surface area (Å²) in [6, 6.07) is 6.18. The Bertz CT molecular complexity index is 536. The number of hydrogen-bond donors (Lipinski definition) is 1. The van der Waals surface area contributed by atoms with E-state index in [2.05, 4.69) is 21.3 Å². The highest BCUT2D eigenvalue weighted by Crippen LogP contribution is 2.28. The topological polar surface area (TPSA) is 69.0 Å². The van der Waals surface area contributed by atoms with Crippen LogP contribution in [0, 0.1) is 17.2 Å². The molecule has 0 aromatic carbocycles. The highest BCUT2D eigenvalue weighted by molar-refractivity contribution is 5.77. The predicted molar refractivity (Wildman–Crippen MR) is 70.4 cm³/mol. The van der Waals surface area contributed by atoms with Crippen molar-refractivity contribution in [2.45, 2.75) is 25.3 Å². The van der Waals surface area contributed by atoms with Crippen LogP contribution in [-0.2, 0) is 4.79 Å². The molecule has 1 N–H and O–H groups in total. The summed E-state index contributed by atoms with van der Waals surface area (Å²) in [4.78, 5) is 17.7. The third-order valence-electron chi connectivity index (χ3n) is 4.05. The molecule has 3 heterocycles. The van der Waals surface area contributed by atoms with Gasteiger partial charge < -0.3 is 10.2 Å². The molecule has 5 heteroatoms. The summed E-state index contributed by atoms with van der Waals surface area (Å²) in [5, 5.41) is 12.0. The number of carbonyl (C=O) groups is 1. The molecule has 1 amide bonds. The molecule has 19 heavy (non-hydrogen) atoms. The van der Waals surface area contributed by atoms with Gasteiger partial charge in [-0.25, -0.2) is 4.98 Å². The second kappa shape index (κ2) is 4.88. The minimum atomic E-state index is 0.186. The summed E-state index contributed by atoms with van der Waals surface area (Å²) in [5.41, 5.74) is 1.51. The molecule has 2 unspecified atom stereocenters. The summed E-state index contributed by atoms with van der Waals surface area (Å²) in [7, 11) is 0. The number of amides is 1. The van der Waals surface area contributed by atoms with E-state index in [1.165, 1.54) is 0 Å². The van der Waals surface area contributed by atoms with E-state index >= 15 is 0 Å². The molecule has 5 nitrogen and oxygen atoms in total. The number of carbonyl (C=O) groups excluding carboxylic acids is 1. The fourth-order valence-electron chi connectivity index (χ4n) is 3.02. The number of anilines is 1. The predicted octanol–water partition coefficient (Wildman–Crippen LogP) is 1.06. The lowest BCUT2D eigenvalue weighted by Crippen LogP contribution is -2.54. The number of hydrogen-bond acceptors (Lipinski definition) is 4. The van der Waals surface area contributed by atoms with Crippen molar-refractivity contribution in [2.75, 3.05) is 18.0 Å². The van der Waals surface area contributed by atoms with Crippen LogP contribution in [0.1, 0.15) is 25.0 Å². The molecule has 2 atom stereocenters. The lowest BCUT2D eigenvalue weighted by Gasteiger charge is -2.42. The normalized spacial score (nSPS) is 26.3. The number of nitrogens with zero attached hydrogens (tertiary/aromatic N) is 3. The van der Waals surface area contributed by atoms with Crippen LogP contribution in [-0.4, -0.2) is 30.0 Å². The summed E-state index contributed by atoms with van der Waals surface area (Å²) in [6.45, 7) is 1.86. The molecule has 0 saturated carbocycles. The largest absolute Gasteiger partial charge is 0.371 e. The van der Waals surface area contributed by atoms with Gasteiger partial charge in [0.1, 0.15) is 11.8 Å². The zero-order valence-electron chi connectivity index (χ0n) is 10.7. The van der Waals surface area contributed by atoms with Gasteiger partial charge in [0, 0.05) is 37.4 Å². The third-order valence-corrected chi connectivity index (χ3v) is 4.05. The van der Waals surface area contributed by atoms with Crippen LogP contribution in [0.2, 0.25) is 0 Å². The number of aromatic nitrogens is 1. The molecule has 2 aliphatic rings. The molecular formula is C14H16N4O. The average molecular weight is 256 g/mol. The monoisotopic (exact) mass is 256 g/mol. The first-order chi connectivity index (χ1) is 9.26. The third kappa shape index (κ3) is 2.39. The zero-order valence-corrected chi connectivity index (χ0v) is 10.7. The summed E-state index contributed by atoms with van der Waals surface area (Å²) in [5.74, 6) is 0.704. The van der Waals surface area contributed by atoms with Gasteiger partial charge in [-0.2, -0.15) is 5.26 Å². The Hall–Kier alpha value is -2.09. The van der Waals surface area contributed by atoms with Gasteiger partial charge in [-0.1, -0.05) is 0 Å². The highest BCUT2D eigenvalue weighted by atomic mass is 16.1. The highest BCUT2D eigenvalue weighted by Gasteiger charge is 2.33. The molecule has 0 radical (unpaired) electrons. The van der Waals surface area contributed by atoms with E-state index in [1.54, 1.807) is 6.20 Å². The molecule has 0 bridgehead atoms. The molecule has 0 spiro atoms. The van der Waals surface area contributed by atoms with Crippen molar-refractivity contribution in [1.82, 2.24) is 10.3 Å². The first-order valence-corrected chi connectivity index (χ1v) is 6.67. The van der Waals surface area contributed by atoms with E-state index in [0.717, 1.165) is 31.6 Å². The number of piperidine rings is 2. The van der Waals surface area contributed by atoms with Crippen molar-refractivity contribution < 1.29 is 4.79 Å². The molecule has 0 aliphatic carbocycles. The molecule has 2 saturated heterocycles. The second-order valence-corrected chi connectivity index (χ2v) is 5.22. The first-order valence-electron chi connectivity index (χ1n) is 6.67. The van der Waals surface area contributed by atoms with Crippen LogP contribution in [0.4, 0.5) is 5.69 Å². The maximum absolute atomic E-state index is 11.4. The second-order valence-electron chi connectivity index (χ2n) is 5.22. The van der Waals surface area contributed by atoms with Crippen molar-refractivity contribution in [3.8, 4) is 6.07 Å².